The molecule has 2 aromatic rings. The molecule has 0 aliphatic carbocycles. The third-order valence-electron chi connectivity index (χ3n) is 4.59. The maximum Gasteiger partial charge on any atom is 0.303 e. The number of amides is 1. The van der Waals surface area contributed by atoms with Crippen LogP contribution in [0.4, 0.5) is 4.39 Å². The number of thiocarbonyl (C=S) groups is 1. The molecule has 3 rings (SSSR count). The highest BCUT2D eigenvalue weighted by Gasteiger charge is 2.31. The van der Waals surface area contributed by atoms with Crippen LogP contribution in [0.1, 0.15) is 36.1 Å². The number of aliphatic hydroxyl groups is 1. The highest BCUT2D eigenvalue weighted by atomic mass is 32.2. The Balaban J connectivity index is 1.68. The van der Waals surface area contributed by atoms with Crippen molar-refractivity contribution in [3.63, 3.8) is 0 Å². The van der Waals surface area contributed by atoms with Crippen molar-refractivity contribution in [3.05, 3.63) is 50.8 Å². The smallest absolute Gasteiger partial charge is 0.303 e. The number of hydrogen-bond acceptors (Lipinski definition) is 6. The molecular formula is C21H20FNO4S3. The normalized spacial score (nSPS) is 15.4. The van der Waals surface area contributed by atoms with E-state index in [1.807, 2.05) is 11.4 Å². The van der Waals surface area contributed by atoms with Crippen molar-refractivity contribution < 1.29 is 24.2 Å². The van der Waals surface area contributed by atoms with E-state index in [0.29, 0.717) is 39.7 Å². The number of carboxylic acids is 1. The maximum atomic E-state index is 13.6. The predicted octanol–water partition coefficient (Wildman–Crippen LogP) is 4.89. The molecule has 0 unspecified atom stereocenters. The van der Waals surface area contributed by atoms with Gasteiger partial charge in [-0.15, -0.1) is 11.3 Å². The molecule has 1 aromatic heterocycles. The van der Waals surface area contributed by atoms with Crippen LogP contribution in [0.3, 0.4) is 0 Å². The van der Waals surface area contributed by atoms with Gasteiger partial charge in [0.1, 0.15) is 10.1 Å². The standard InChI is InChI=1S/C21H20FNO4S3/c22-15-6-5-13(11-24)17(9-15)14-8-16(29-12-14)10-18-20(27)23(21(28)30-18)7-3-1-2-4-19(25)26/h5-6,8-10,12,24H,1-4,7,11H2,(H,25,26)/b18-10-. The molecule has 0 saturated carbocycles. The summed E-state index contributed by atoms with van der Waals surface area (Å²) in [4.78, 5) is 26.2. The van der Waals surface area contributed by atoms with E-state index in [1.165, 1.54) is 35.2 Å². The summed E-state index contributed by atoms with van der Waals surface area (Å²) < 4.78 is 14.1. The van der Waals surface area contributed by atoms with E-state index in [1.54, 1.807) is 17.0 Å². The van der Waals surface area contributed by atoms with Gasteiger partial charge in [-0.2, -0.15) is 0 Å². The first kappa shape index (κ1) is 22.6. The second kappa shape index (κ2) is 10.3. The third kappa shape index (κ3) is 5.54. The summed E-state index contributed by atoms with van der Waals surface area (Å²) in [5, 5.41) is 20.0. The Hall–Kier alpha value is -2.07. The first-order chi connectivity index (χ1) is 14.4. The van der Waals surface area contributed by atoms with Crippen molar-refractivity contribution in [1.82, 2.24) is 4.90 Å². The zero-order chi connectivity index (χ0) is 21.7. The number of aliphatic hydroxyl groups excluding tert-OH is 1. The largest absolute Gasteiger partial charge is 0.481 e. The summed E-state index contributed by atoms with van der Waals surface area (Å²) in [6, 6.07) is 6.12. The van der Waals surface area contributed by atoms with Crippen LogP contribution < -0.4 is 0 Å². The molecule has 2 N–H and O–H groups in total. The molecule has 2 heterocycles. The SMILES string of the molecule is O=C(O)CCCCCN1C(=O)/C(=C/c2cc(-c3cc(F)ccc3CO)cs2)SC1=S. The second-order valence-electron chi connectivity index (χ2n) is 6.74. The zero-order valence-electron chi connectivity index (χ0n) is 16.0. The fourth-order valence-corrected chi connectivity index (χ4v) is 5.28. The summed E-state index contributed by atoms with van der Waals surface area (Å²) in [7, 11) is 0. The van der Waals surface area contributed by atoms with Gasteiger partial charge in [-0.25, -0.2) is 4.39 Å². The lowest BCUT2D eigenvalue weighted by molar-refractivity contribution is -0.137. The van der Waals surface area contributed by atoms with Crippen LogP contribution in [0.5, 0.6) is 0 Å². The van der Waals surface area contributed by atoms with Crippen LogP contribution in [0, 0.1) is 5.82 Å². The van der Waals surface area contributed by atoms with Crippen molar-refractivity contribution in [3.8, 4) is 11.1 Å². The van der Waals surface area contributed by atoms with E-state index in [4.69, 9.17) is 17.3 Å². The fraction of sp³-hybridized carbons (Fsp3) is 0.286. The van der Waals surface area contributed by atoms with Gasteiger partial charge in [0.05, 0.1) is 11.5 Å². The summed E-state index contributed by atoms with van der Waals surface area (Å²) in [5.74, 6) is -1.35. The van der Waals surface area contributed by atoms with Gasteiger partial charge in [0.25, 0.3) is 5.91 Å². The Morgan fingerprint density at radius 3 is 2.77 bits per heavy atom. The van der Waals surface area contributed by atoms with Gasteiger partial charge in [0, 0.05) is 17.8 Å². The molecular weight excluding hydrogens is 445 g/mol. The second-order valence-corrected chi connectivity index (χ2v) is 9.35. The summed E-state index contributed by atoms with van der Waals surface area (Å²) in [6.07, 6.45) is 3.89. The Bertz CT molecular complexity index is 1000. The lowest BCUT2D eigenvalue weighted by Gasteiger charge is -2.13. The minimum atomic E-state index is -0.816. The number of hydrogen-bond donors (Lipinski definition) is 2. The third-order valence-corrected chi connectivity index (χ3v) is 6.85. The highest BCUT2D eigenvalue weighted by Crippen LogP contribution is 2.36. The lowest BCUT2D eigenvalue weighted by Crippen LogP contribution is -2.29. The van der Waals surface area contributed by atoms with Gasteiger partial charge in [0.2, 0.25) is 0 Å². The van der Waals surface area contributed by atoms with E-state index in [0.717, 1.165) is 16.9 Å². The molecule has 1 amide bonds. The number of carboxylic acid groups (broad SMARTS) is 1. The number of benzene rings is 1. The van der Waals surface area contributed by atoms with Gasteiger partial charge >= 0.3 is 5.97 Å². The van der Waals surface area contributed by atoms with E-state index >= 15 is 0 Å². The van der Waals surface area contributed by atoms with Crippen molar-refractivity contribution >= 4 is 57.6 Å². The molecule has 158 valence electrons. The van der Waals surface area contributed by atoms with Gasteiger partial charge in [-0.05, 0) is 59.2 Å². The molecule has 0 bridgehead atoms. The molecule has 0 radical (unpaired) electrons. The number of rotatable bonds is 9. The van der Waals surface area contributed by atoms with Crippen LogP contribution in [0.15, 0.2) is 34.6 Å². The van der Waals surface area contributed by atoms with Crippen LogP contribution in [0.25, 0.3) is 17.2 Å². The lowest BCUT2D eigenvalue weighted by atomic mass is 10.0. The Labute approximate surface area is 187 Å². The molecule has 0 atom stereocenters. The van der Waals surface area contributed by atoms with Gasteiger partial charge in [0.15, 0.2) is 0 Å². The number of carbonyl (C=O) groups excluding carboxylic acids is 1. The van der Waals surface area contributed by atoms with Crippen LogP contribution in [-0.2, 0) is 16.2 Å². The number of carbonyl (C=O) groups is 2. The molecule has 1 aliphatic heterocycles. The average Bonchev–Trinajstić information content (AvgIpc) is 3.27. The minimum Gasteiger partial charge on any atom is -0.481 e. The Morgan fingerprint density at radius 1 is 1.23 bits per heavy atom. The predicted molar refractivity (Wildman–Crippen MR) is 122 cm³/mol. The number of thioether (sulfide) groups is 1. The number of unbranched alkanes of at least 4 members (excludes halogenated alkanes) is 2. The highest BCUT2D eigenvalue weighted by molar-refractivity contribution is 8.26. The number of aliphatic carboxylic acids is 1. The number of thiophene rings is 1. The maximum absolute atomic E-state index is 13.6. The number of nitrogens with zero attached hydrogens (tertiary/aromatic N) is 1. The van der Waals surface area contributed by atoms with Crippen LogP contribution in [-0.4, -0.2) is 37.9 Å². The van der Waals surface area contributed by atoms with Crippen molar-refractivity contribution in [2.75, 3.05) is 6.54 Å². The monoisotopic (exact) mass is 465 g/mol. The molecule has 0 spiro atoms. The molecule has 1 aromatic carbocycles. The fourth-order valence-electron chi connectivity index (χ4n) is 3.07. The van der Waals surface area contributed by atoms with Crippen LogP contribution in [0.2, 0.25) is 0 Å². The van der Waals surface area contributed by atoms with Crippen molar-refractivity contribution in [1.29, 1.82) is 0 Å². The minimum absolute atomic E-state index is 0.127. The van der Waals surface area contributed by atoms with Gasteiger partial charge in [-0.3, -0.25) is 14.5 Å². The molecule has 5 nitrogen and oxygen atoms in total. The molecule has 9 heteroatoms. The van der Waals surface area contributed by atoms with E-state index in [9.17, 15) is 19.1 Å². The summed E-state index contributed by atoms with van der Waals surface area (Å²) in [5.41, 5.74) is 2.04. The van der Waals surface area contributed by atoms with E-state index in [2.05, 4.69) is 0 Å². The Kier molecular flexibility index (Phi) is 7.76. The van der Waals surface area contributed by atoms with E-state index < -0.39 is 5.97 Å². The van der Waals surface area contributed by atoms with E-state index in [-0.39, 0.29) is 24.8 Å². The molecule has 1 aliphatic rings. The quantitative estimate of drug-likeness (QED) is 0.312. The molecule has 30 heavy (non-hydrogen) atoms. The first-order valence-corrected chi connectivity index (χ1v) is 11.4. The van der Waals surface area contributed by atoms with Crippen molar-refractivity contribution in [2.45, 2.75) is 32.3 Å². The van der Waals surface area contributed by atoms with Gasteiger partial charge < -0.3 is 10.2 Å². The Morgan fingerprint density at radius 2 is 2.03 bits per heavy atom. The molecule has 1 fully saturated rings. The summed E-state index contributed by atoms with van der Waals surface area (Å²) >= 11 is 7.99. The topological polar surface area (TPSA) is 77.8 Å². The number of halogens is 1. The van der Waals surface area contributed by atoms with Gasteiger partial charge in [-0.1, -0.05) is 36.5 Å². The average molecular weight is 466 g/mol. The summed E-state index contributed by atoms with van der Waals surface area (Å²) in [6.45, 7) is 0.284. The first-order valence-electron chi connectivity index (χ1n) is 9.34. The molecule has 1 saturated heterocycles. The zero-order valence-corrected chi connectivity index (χ0v) is 18.4. The van der Waals surface area contributed by atoms with Crippen LogP contribution >= 0.6 is 35.3 Å². The van der Waals surface area contributed by atoms with Crippen molar-refractivity contribution in [2.24, 2.45) is 0 Å².